The molecule has 2 aromatic rings. The van der Waals surface area contributed by atoms with E-state index in [0.29, 0.717) is 13.1 Å². The number of hydrogen-bond acceptors (Lipinski definition) is 4. The molecule has 1 N–H and O–H groups in total. The van der Waals surface area contributed by atoms with Gasteiger partial charge in [-0.15, -0.1) is 0 Å². The average molecular weight is 461 g/mol. The first-order valence-electron chi connectivity index (χ1n) is 11.1. The topological polar surface area (TPSA) is 60.9 Å². The Morgan fingerprint density at radius 3 is 2.13 bits per heavy atom. The number of sulfonamides is 1. The van der Waals surface area contributed by atoms with Crippen LogP contribution < -0.4 is 4.90 Å². The molecule has 3 fully saturated rings. The van der Waals surface area contributed by atoms with Gasteiger partial charge in [0.05, 0.1) is 10.6 Å². The molecule has 0 aromatic heterocycles. The zero-order chi connectivity index (χ0) is 21.7. The van der Waals surface area contributed by atoms with E-state index in [9.17, 15) is 13.5 Å². The largest absolute Gasteiger partial charge is 0.385 e. The maximum atomic E-state index is 13.1. The average Bonchev–Trinajstić information content (AvgIpc) is 3.16. The molecular weight excluding hydrogens is 432 g/mol. The summed E-state index contributed by atoms with van der Waals surface area (Å²) in [5.41, 5.74) is 1.76. The minimum atomic E-state index is -3.56. The van der Waals surface area contributed by atoms with Crippen molar-refractivity contribution in [2.75, 3.05) is 31.1 Å². The van der Waals surface area contributed by atoms with E-state index >= 15 is 0 Å². The van der Waals surface area contributed by atoms with Crippen LogP contribution in [-0.2, 0) is 15.6 Å². The molecule has 1 saturated carbocycles. The predicted molar refractivity (Wildman–Crippen MR) is 123 cm³/mol. The van der Waals surface area contributed by atoms with Crippen LogP contribution in [0.3, 0.4) is 0 Å². The second-order valence-corrected chi connectivity index (χ2v) is 11.8. The number of hydrogen-bond donors (Lipinski definition) is 1. The number of anilines is 1. The van der Waals surface area contributed by atoms with Crippen LogP contribution in [0.1, 0.15) is 44.1 Å². The Morgan fingerprint density at radius 1 is 0.871 bits per heavy atom. The molecule has 1 aliphatic carbocycles. The molecule has 5 rings (SSSR count). The van der Waals surface area contributed by atoms with E-state index in [0.717, 1.165) is 57.2 Å². The van der Waals surface area contributed by atoms with Crippen LogP contribution in [0.5, 0.6) is 0 Å². The maximum Gasteiger partial charge on any atom is 0.244 e. The quantitative estimate of drug-likeness (QED) is 0.734. The molecule has 3 aliphatic rings. The number of rotatable bonds is 4. The number of halogens is 1. The summed E-state index contributed by atoms with van der Waals surface area (Å²) in [4.78, 5) is 2.61. The Kier molecular flexibility index (Phi) is 5.32. The Hall–Kier alpha value is -1.60. The van der Waals surface area contributed by atoms with Crippen molar-refractivity contribution in [2.45, 2.75) is 49.0 Å². The first-order valence-corrected chi connectivity index (χ1v) is 13.0. The van der Waals surface area contributed by atoms with E-state index in [4.69, 9.17) is 11.6 Å². The first-order chi connectivity index (χ1) is 14.8. The van der Waals surface area contributed by atoms with Crippen molar-refractivity contribution in [1.82, 2.24) is 4.31 Å². The summed E-state index contributed by atoms with van der Waals surface area (Å²) >= 11 is 6.16. The van der Waals surface area contributed by atoms with Crippen LogP contribution in [0.25, 0.3) is 0 Å². The van der Waals surface area contributed by atoms with Crippen molar-refractivity contribution in [1.29, 1.82) is 0 Å². The third-order valence-electron chi connectivity index (χ3n) is 7.63. The second-order valence-electron chi connectivity index (χ2n) is 9.44. The molecule has 2 heterocycles. The smallest absolute Gasteiger partial charge is 0.244 e. The van der Waals surface area contributed by atoms with Crippen molar-refractivity contribution in [2.24, 2.45) is 5.41 Å². The van der Waals surface area contributed by atoms with Crippen molar-refractivity contribution >= 4 is 27.3 Å². The van der Waals surface area contributed by atoms with Gasteiger partial charge in [-0.05, 0) is 73.8 Å². The minimum absolute atomic E-state index is 0.164. The van der Waals surface area contributed by atoms with Crippen LogP contribution >= 0.6 is 11.6 Å². The fraction of sp³-hybridized carbons (Fsp3) is 0.500. The third kappa shape index (κ3) is 3.78. The van der Waals surface area contributed by atoms with Crippen LogP contribution in [0.15, 0.2) is 53.4 Å². The molecule has 2 aliphatic heterocycles. The number of nitrogens with zero attached hydrogens (tertiary/aromatic N) is 2. The lowest BCUT2D eigenvalue weighted by Crippen LogP contribution is -2.44. The molecule has 0 unspecified atom stereocenters. The highest BCUT2D eigenvalue weighted by molar-refractivity contribution is 7.89. The normalized spacial score (nSPS) is 23.1. The molecule has 0 radical (unpaired) electrons. The number of benzene rings is 2. The molecule has 2 saturated heterocycles. The van der Waals surface area contributed by atoms with Gasteiger partial charge in [-0.1, -0.05) is 35.9 Å². The zero-order valence-electron chi connectivity index (χ0n) is 17.6. The predicted octanol–water partition coefficient (Wildman–Crippen LogP) is 4.39. The lowest BCUT2D eigenvalue weighted by atomic mass is 9.75. The standard InChI is InChI=1S/C24H29ClN2O3S/c25-21-4-1-2-5-22(21)31(29,30)27-16-13-23(14-17-27)12-15-26(18-23)20-8-6-19(7-9-20)24(28)10-3-11-24/h1-2,4-9,28H,3,10-18H2. The molecule has 166 valence electrons. The van der Waals surface area contributed by atoms with E-state index in [1.165, 1.54) is 5.69 Å². The van der Waals surface area contributed by atoms with Crippen molar-refractivity contribution in [3.8, 4) is 0 Å². The molecule has 5 nitrogen and oxygen atoms in total. The number of aliphatic hydroxyl groups is 1. The molecule has 31 heavy (non-hydrogen) atoms. The summed E-state index contributed by atoms with van der Waals surface area (Å²) in [6, 6.07) is 15.1. The van der Waals surface area contributed by atoms with Crippen molar-refractivity contribution in [3.05, 3.63) is 59.1 Å². The SMILES string of the molecule is O=S(=O)(c1ccccc1Cl)N1CCC2(CCN(c3ccc(C4(O)CCC4)cc3)C2)CC1. The van der Waals surface area contributed by atoms with Gasteiger partial charge < -0.3 is 10.0 Å². The summed E-state index contributed by atoms with van der Waals surface area (Å²) in [6.07, 6.45) is 5.62. The van der Waals surface area contributed by atoms with Gasteiger partial charge in [0.2, 0.25) is 10.0 Å². The second kappa shape index (κ2) is 7.77. The van der Waals surface area contributed by atoms with Crippen LogP contribution in [0, 0.1) is 5.41 Å². The fourth-order valence-electron chi connectivity index (χ4n) is 5.34. The highest BCUT2D eigenvalue weighted by atomic mass is 35.5. The highest BCUT2D eigenvalue weighted by Crippen LogP contribution is 2.44. The van der Waals surface area contributed by atoms with Gasteiger partial charge in [-0.3, -0.25) is 0 Å². The molecule has 0 amide bonds. The van der Waals surface area contributed by atoms with Gasteiger partial charge in [-0.2, -0.15) is 4.31 Å². The maximum absolute atomic E-state index is 13.1. The Labute approximate surface area is 189 Å². The van der Waals surface area contributed by atoms with Crippen molar-refractivity contribution < 1.29 is 13.5 Å². The Bertz CT molecular complexity index is 1060. The Morgan fingerprint density at radius 2 is 1.52 bits per heavy atom. The monoisotopic (exact) mass is 460 g/mol. The van der Waals surface area contributed by atoms with E-state index in [-0.39, 0.29) is 15.3 Å². The summed E-state index contributed by atoms with van der Waals surface area (Å²) < 4.78 is 27.7. The zero-order valence-corrected chi connectivity index (χ0v) is 19.2. The fourth-order valence-corrected chi connectivity index (χ4v) is 7.28. The summed E-state index contributed by atoms with van der Waals surface area (Å²) in [5.74, 6) is 0. The Balaban J connectivity index is 1.24. The molecular formula is C24H29ClN2O3S. The number of piperidine rings is 1. The van der Waals surface area contributed by atoms with Crippen LogP contribution in [0.4, 0.5) is 5.69 Å². The van der Waals surface area contributed by atoms with E-state index in [2.05, 4.69) is 29.2 Å². The lowest BCUT2D eigenvalue weighted by Gasteiger charge is -2.39. The molecule has 0 atom stereocenters. The molecule has 2 aromatic carbocycles. The van der Waals surface area contributed by atoms with E-state index < -0.39 is 15.6 Å². The molecule has 1 spiro atoms. The van der Waals surface area contributed by atoms with Gasteiger partial charge >= 0.3 is 0 Å². The summed E-state index contributed by atoms with van der Waals surface area (Å²) in [6.45, 7) is 3.01. The summed E-state index contributed by atoms with van der Waals surface area (Å²) in [5, 5.41) is 10.8. The highest BCUT2D eigenvalue weighted by Gasteiger charge is 2.43. The van der Waals surface area contributed by atoms with Gasteiger partial charge in [0.1, 0.15) is 4.90 Å². The van der Waals surface area contributed by atoms with E-state index in [1.807, 2.05) is 0 Å². The summed E-state index contributed by atoms with van der Waals surface area (Å²) in [7, 11) is -3.56. The minimum Gasteiger partial charge on any atom is -0.385 e. The van der Waals surface area contributed by atoms with Crippen LogP contribution in [-0.4, -0.2) is 44.0 Å². The van der Waals surface area contributed by atoms with Gasteiger partial charge in [0.15, 0.2) is 0 Å². The van der Waals surface area contributed by atoms with Gasteiger partial charge in [-0.25, -0.2) is 8.42 Å². The van der Waals surface area contributed by atoms with Crippen LogP contribution in [0.2, 0.25) is 5.02 Å². The van der Waals surface area contributed by atoms with Gasteiger partial charge in [0.25, 0.3) is 0 Å². The van der Waals surface area contributed by atoms with E-state index in [1.54, 1.807) is 28.6 Å². The third-order valence-corrected chi connectivity index (χ3v) is 10.0. The molecule has 7 heteroatoms. The first kappa shape index (κ1) is 21.3. The molecule has 0 bridgehead atoms. The van der Waals surface area contributed by atoms with Gasteiger partial charge in [0, 0.05) is 31.9 Å². The van der Waals surface area contributed by atoms with Crippen molar-refractivity contribution in [3.63, 3.8) is 0 Å². The lowest BCUT2D eigenvalue weighted by molar-refractivity contribution is -0.0387.